The molecule has 1 aromatic carbocycles. The lowest BCUT2D eigenvalue weighted by molar-refractivity contribution is -0.150. The van der Waals surface area contributed by atoms with Crippen molar-refractivity contribution < 1.29 is 19.5 Å². The molecule has 0 bridgehead atoms. The van der Waals surface area contributed by atoms with Gasteiger partial charge >= 0.3 is 5.97 Å². The lowest BCUT2D eigenvalue weighted by Gasteiger charge is -2.32. The highest BCUT2D eigenvalue weighted by Gasteiger charge is 2.43. The number of hydrogen-bond donors (Lipinski definition) is 2. The van der Waals surface area contributed by atoms with E-state index in [9.17, 15) is 19.5 Å². The number of rotatable bonds is 3. The SMILES string of the molecule is O=C(NC1CC=CCC2CCC(C(=O)O)N2C1=O)c1ccccc1. The van der Waals surface area contributed by atoms with Crippen LogP contribution in [0.4, 0.5) is 0 Å². The van der Waals surface area contributed by atoms with Crippen LogP contribution in [0.2, 0.25) is 0 Å². The number of carbonyl (C=O) groups is 3. The fraction of sp³-hybridized carbons (Fsp3) is 0.389. The average Bonchev–Trinajstić information content (AvgIpc) is 3.00. The first-order valence-electron chi connectivity index (χ1n) is 8.14. The normalized spacial score (nSPS) is 26.4. The number of carboxylic acid groups (broad SMARTS) is 1. The molecule has 2 N–H and O–H groups in total. The van der Waals surface area contributed by atoms with Gasteiger partial charge in [0.1, 0.15) is 12.1 Å². The third-order valence-electron chi connectivity index (χ3n) is 4.63. The maximum atomic E-state index is 12.9. The maximum absolute atomic E-state index is 12.9. The first-order valence-corrected chi connectivity index (χ1v) is 8.14. The molecule has 6 heteroatoms. The van der Waals surface area contributed by atoms with E-state index in [0.717, 1.165) is 0 Å². The summed E-state index contributed by atoms with van der Waals surface area (Å²) in [6.45, 7) is 0. The minimum atomic E-state index is -0.983. The maximum Gasteiger partial charge on any atom is 0.326 e. The minimum absolute atomic E-state index is 0.105. The number of amides is 2. The molecule has 1 fully saturated rings. The van der Waals surface area contributed by atoms with Crippen LogP contribution in [-0.4, -0.2) is 45.9 Å². The Bertz CT molecular complexity index is 671. The summed E-state index contributed by atoms with van der Waals surface area (Å²) in [5, 5.41) is 12.1. The molecule has 0 saturated carbocycles. The van der Waals surface area contributed by atoms with Crippen molar-refractivity contribution in [2.24, 2.45) is 0 Å². The Morgan fingerprint density at radius 1 is 1.08 bits per heavy atom. The standard InChI is InChI=1S/C18H20N2O4/c21-16(12-6-2-1-3-7-12)19-14-9-5-4-8-13-10-11-15(18(23)24)20(13)17(14)22/h1-7,13-15H,8-11H2,(H,19,21)(H,23,24). The van der Waals surface area contributed by atoms with E-state index < -0.39 is 18.1 Å². The number of benzene rings is 1. The highest BCUT2D eigenvalue weighted by Crippen LogP contribution is 2.29. The molecular weight excluding hydrogens is 308 g/mol. The van der Waals surface area contributed by atoms with Gasteiger partial charge < -0.3 is 15.3 Å². The summed E-state index contributed by atoms with van der Waals surface area (Å²) in [4.78, 5) is 38.1. The molecule has 6 nitrogen and oxygen atoms in total. The van der Waals surface area contributed by atoms with Gasteiger partial charge in [-0.25, -0.2) is 4.79 Å². The molecule has 2 heterocycles. The summed E-state index contributed by atoms with van der Waals surface area (Å²) < 4.78 is 0. The number of carboxylic acids is 1. The van der Waals surface area contributed by atoms with Gasteiger partial charge in [-0.05, 0) is 37.8 Å². The first kappa shape index (κ1) is 16.2. The summed E-state index contributed by atoms with van der Waals surface area (Å²) >= 11 is 0. The third-order valence-corrected chi connectivity index (χ3v) is 4.63. The minimum Gasteiger partial charge on any atom is -0.480 e. The largest absolute Gasteiger partial charge is 0.480 e. The summed E-state index contributed by atoms with van der Waals surface area (Å²) in [7, 11) is 0. The van der Waals surface area contributed by atoms with Crippen molar-refractivity contribution in [3.63, 3.8) is 0 Å². The van der Waals surface area contributed by atoms with Crippen LogP contribution in [0.15, 0.2) is 42.5 Å². The molecule has 126 valence electrons. The number of nitrogens with zero attached hydrogens (tertiary/aromatic N) is 1. The van der Waals surface area contributed by atoms with E-state index in [1.165, 1.54) is 4.90 Å². The van der Waals surface area contributed by atoms with Crippen molar-refractivity contribution in [3.8, 4) is 0 Å². The molecule has 0 spiro atoms. The quantitative estimate of drug-likeness (QED) is 0.825. The molecule has 2 amide bonds. The van der Waals surface area contributed by atoms with Crippen molar-refractivity contribution >= 4 is 17.8 Å². The number of hydrogen-bond acceptors (Lipinski definition) is 3. The van der Waals surface area contributed by atoms with Crippen molar-refractivity contribution in [1.82, 2.24) is 10.2 Å². The smallest absolute Gasteiger partial charge is 0.326 e. The molecule has 0 aliphatic carbocycles. The summed E-state index contributed by atoms with van der Waals surface area (Å²) in [5.41, 5.74) is 0.476. The fourth-order valence-electron chi connectivity index (χ4n) is 3.41. The molecule has 3 rings (SSSR count). The zero-order valence-electron chi connectivity index (χ0n) is 13.2. The highest BCUT2D eigenvalue weighted by atomic mass is 16.4. The molecule has 0 aromatic heterocycles. The summed E-state index contributed by atoms with van der Waals surface area (Å²) in [6.07, 6.45) is 6.02. The molecule has 3 unspecified atom stereocenters. The average molecular weight is 328 g/mol. The van der Waals surface area contributed by atoms with Crippen LogP contribution in [0.1, 0.15) is 36.0 Å². The van der Waals surface area contributed by atoms with E-state index in [1.807, 2.05) is 18.2 Å². The van der Waals surface area contributed by atoms with Crippen molar-refractivity contribution in [3.05, 3.63) is 48.0 Å². The lowest BCUT2D eigenvalue weighted by Crippen LogP contribution is -2.54. The van der Waals surface area contributed by atoms with Crippen LogP contribution in [0.25, 0.3) is 0 Å². The fourth-order valence-corrected chi connectivity index (χ4v) is 3.41. The second-order valence-corrected chi connectivity index (χ2v) is 6.17. The predicted molar refractivity (Wildman–Crippen MR) is 87.4 cm³/mol. The van der Waals surface area contributed by atoms with Gasteiger partial charge in [-0.15, -0.1) is 0 Å². The van der Waals surface area contributed by atoms with Gasteiger partial charge in [0, 0.05) is 11.6 Å². The molecule has 24 heavy (non-hydrogen) atoms. The van der Waals surface area contributed by atoms with E-state index >= 15 is 0 Å². The van der Waals surface area contributed by atoms with Gasteiger partial charge in [-0.2, -0.15) is 0 Å². The summed E-state index contributed by atoms with van der Waals surface area (Å²) in [6, 6.07) is 7.03. The Hall–Kier alpha value is -2.63. The molecule has 3 atom stereocenters. The third kappa shape index (κ3) is 3.18. The van der Waals surface area contributed by atoms with Gasteiger partial charge in [0.25, 0.3) is 5.91 Å². The van der Waals surface area contributed by atoms with Gasteiger partial charge in [0.15, 0.2) is 0 Å². The molecule has 2 aliphatic heterocycles. The van der Waals surface area contributed by atoms with Gasteiger partial charge in [-0.3, -0.25) is 9.59 Å². The van der Waals surface area contributed by atoms with Gasteiger partial charge in [-0.1, -0.05) is 30.4 Å². The highest BCUT2D eigenvalue weighted by molar-refractivity contribution is 5.98. The second kappa shape index (κ2) is 6.86. The van der Waals surface area contributed by atoms with Crippen molar-refractivity contribution in [2.75, 3.05) is 0 Å². The number of fused-ring (bicyclic) bond motifs is 1. The number of nitrogens with one attached hydrogen (secondary N) is 1. The van der Waals surface area contributed by atoms with Crippen molar-refractivity contribution in [1.29, 1.82) is 0 Å². The van der Waals surface area contributed by atoms with Gasteiger partial charge in [0.05, 0.1) is 0 Å². The Balaban J connectivity index is 1.80. The zero-order valence-corrected chi connectivity index (χ0v) is 13.2. The predicted octanol–water partition coefficient (Wildman–Crippen LogP) is 1.58. The van der Waals surface area contributed by atoms with Crippen LogP contribution in [0.3, 0.4) is 0 Å². The first-order chi connectivity index (χ1) is 11.6. The molecular formula is C18H20N2O4. The van der Waals surface area contributed by atoms with Gasteiger partial charge in [0.2, 0.25) is 5.91 Å². The van der Waals surface area contributed by atoms with E-state index in [2.05, 4.69) is 5.32 Å². The van der Waals surface area contributed by atoms with E-state index in [-0.39, 0.29) is 17.9 Å². The topological polar surface area (TPSA) is 86.7 Å². The Kier molecular flexibility index (Phi) is 4.64. The monoisotopic (exact) mass is 328 g/mol. The van der Waals surface area contributed by atoms with E-state index in [1.54, 1.807) is 24.3 Å². The summed E-state index contributed by atoms with van der Waals surface area (Å²) in [5.74, 6) is -1.62. The van der Waals surface area contributed by atoms with Crippen molar-refractivity contribution in [2.45, 2.75) is 43.8 Å². The Labute approximate surface area is 140 Å². The van der Waals surface area contributed by atoms with Crippen LogP contribution >= 0.6 is 0 Å². The molecule has 1 aromatic rings. The Morgan fingerprint density at radius 3 is 2.50 bits per heavy atom. The van der Waals surface area contributed by atoms with E-state index in [4.69, 9.17) is 0 Å². The van der Waals surface area contributed by atoms with Crippen LogP contribution in [-0.2, 0) is 9.59 Å². The van der Waals surface area contributed by atoms with Crippen LogP contribution in [0.5, 0.6) is 0 Å². The molecule has 2 aliphatic rings. The zero-order chi connectivity index (χ0) is 17.1. The van der Waals surface area contributed by atoms with Crippen LogP contribution in [0, 0.1) is 0 Å². The molecule has 0 radical (unpaired) electrons. The number of aliphatic carboxylic acids is 1. The van der Waals surface area contributed by atoms with E-state index in [0.29, 0.717) is 31.2 Å². The molecule has 1 saturated heterocycles. The Morgan fingerprint density at radius 2 is 1.79 bits per heavy atom. The van der Waals surface area contributed by atoms with Crippen LogP contribution < -0.4 is 5.32 Å². The second-order valence-electron chi connectivity index (χ2n) is 6.17. The number of carbonyl (C=O) groups excluding carboxylic acids is 2. The lowest BCUT2D eigenvalue weighted by atomic mass is 10.0.